The highest BCUT2D eigenvalue weighted by Gasteiger charge is 2.14. The minimum absolute atomic E-state index is 0.445. The van der Waals surface area contributed by atoms with Gasteiger partial charge in [-0.2, -0.15) is 5.26 Å². The number of nitriles is 1. The maximum atomic E-state index is 9.95. The average molecular weight is 460 g/mol. The Balaban J connectivity index is 1.71. The van der Waals surface area contributed by atoms with Crippen molar-refractivity contribution in [3.8, 4) is 17.6 Å². The molecule has 0 heterocycles. The lowest BCUT2D eigenvalue weighted by molar-refractivity contribution is 0.267. The molecule has 174 valence electrons. The molecule has 0 bridgehead atoms. The van der Waals surface area contributed by atoms with Crippen molar-refractivity contribution in [2.45, 2.75) is 26.9 Å². The van der Waals surface area contributed by atoms with E-state index in [1.807, 2.05) is 55.5 Å². The SMILES string of the molecule is C=CCc1cc(/C=C(/C#N)c2ccc3ccccc3c2)cc(OCC)c1OCc1ccc(C)cc1. The minimum Gasteiger partial charge on any atom is -0.490 e. The summed E-state index contributed by atoms with van der Waals surface area (Å²) in [5, 5.41) is 12.2. The second-order valence-electron chi connectivity index (χ2n) is 8.44. The van der Waals surface area contributed by atoms with Crippen LogP contribution in [0.4, 0.5) is 0 Å². The van der Waals surface area contributed by atoms with Crippen LogP contribution in [-0.2, 0) is 13.0 Å². The van der Waals surface area contributed by atoms with Crippen LogP contribution in [0, 0.1) is 18.3 Å². The molecule has 3 nitrogen and oxygen atoms in total. The van der Waals surface area contributed by atoms with Crippen LogP contribution in [0.3, 0.4) is 0 Å². The number of ether oxygens (including phenoxy) is 2. The third-order valence-electron chi connectivity index (χ3n) is 5.81. The molecular formula is C32H29NO2. The molecule has 0 N–H and O–H groups in total. The van der Waals surface area contributed by atoms with Gasteiger partial charge in [-0.05, 0) is 72.0 Å². The van der Waals surface area contributed by atoms with Crippen molar-refractivity contribution in [3.63, 3.8) is 0 Å². The number of allylic oxidation sites excluding steroid dienone is 2. The molecule has 0 aliphatic carbocycles. The van der Waals surface area contributed by atoms with Gasteiger partial charge in [0.15, 0.2) is 11.5 Å². The summed E-state index contributed by atoms with van der Waals surface area (Å²) in [4.78, 5) is 0. The van der Waals surface area contributed by atoms with Gasteiger partial charge in [-0.15, -0.1) is 6.58 Å². The lowest BCUT2D eigenvalue weighted by Crippen LogP contribution is -2.03. The standard InChI is InChI=1S/C32H29NO2/c1-4-8-29-17-25(18-30(21-33)28-16-15-26-9-6-7-10-27(26)20-28)19-31(34-5-2)32(29)35-22-24-13-11-23(3)12-14-24/h4,6-7,9-20H,1,5,8,22H2,2-3H3/b30-18-. The molecule has 0 spiro atoms. The van der Waals surface area contributed by atoms with Gasteiger partial charge in [0, 0.05) is 5.56 Å². The minimum atomic E-state index is 0.445. The molecule has 0 aliphatic rings. The van der Waals surface area contributed by atoms with Crippen molar-refractivity contribution in [1.29, 1.82) is 5.26 Å². The highest BCUT2D eigenvalue weighted by Crippen LogP contribution is 2.36. The molecule has 0 saturated heterocycles. The zero-order valence-corrected chi connectivity index (χ0v) is 20.3. The molecule has 0 aliphatic heterocycles. The van der Waals surface area contributed by atoms with Crippen molar-refractivity contribution in [1.82, 2.24) is 0 Å². The molecule has 4 rings (SSSR count). The summed E-state index contributed by atoms with van der Waals surface area (Å²) in [6.45, 7) is 8.90. The van der Waals surface area contributed by atoms with E-state index in [1.165, 1.54) is 5.56 Å². The summed E-state index contributed by atoms with van der Waals surface area (Å²) < 4.78 is 12.2. The molecule has 4 aromatic rings. The zero-order valence-electron chi connectivity index (χ0n) is 20.3. The summed E-state index contributed by atoms with van der Waals surface area (Å²) in [6.07, 6.45) is 4.39. The van der Waals surface area contributed by atoms with Gasteiger partial charge in [0.2, 0.25) is 0 Å². The van der Waals surface area contributed by atoms with Crippen molar-refractivity contribution >= 4 is 22.4 Å². The van der Waals surface area contributed by atoms with Crippen LogP contribution in [0.25, 0.3) is 22.4 Å². The predicted molar refractivity (Wildman–Crippen MR) is 144 cm³/mol. The maximum absolute atomic E-state index is 9.95. The molecule has 0 atom stereocenters. The largest absolute Gasteiger partial charge is 0.490 e. The first-order valence-corrected chi connectivity index (χ1v) is 11.8. The van der Waals surface area contributed by atoms with E-state index in [-0.39, 0.29) is 0 Å². The fraction of sp³-hybridized carbons (Fsp3) is 0.156. The lowest BCUT2D eigenvalue weighted by atomic mass is 9.98. The van der Waals surface area contributed by atoms with E-state index in [0.29, 0.717) is 36.7 Å². The fourth-order valence-corrected chi connectivity index (χ4v) is 4.04. The van der Waals surface area contributed by atoms with Crippen LogP contribution >= 0.6 is 0 Å². The molecular weight excluding hydrogens is 430 g/mol. The topological polar surface area (TPSA) is 42.2 Å². The Bertz CT molecular complexity index is 1410. The second kappa shape index (κ2) is 11.2. The van der Waals surface area contributed by atoms with Crippen LogP contribution in [0.1, 0.15) is 34.7 Å². The Morgan fingerprint density at radius 3 is 2.43 bits per heavy atom. The smallest absolute Gasteiger partial charge is 0.165 e. The molecule has 0 fully saturated rings. The van der Waals surface area contributed by atoms with E-state index in [2.05, 4.69) is 62.0 Å². The van der Waals surface area contributed by atoms with Gasteiger partial charge in [0.05, 0.1) is 18.2 Å². The van der Waals surface area contributed by atoms with Gasteiger partial charge < -0.3 is 9.47 Å². The third kappa shape index (κ3) is 5.80. The predicted octanol–water partition coefficient (Wildman–Crippen LogP) is 7.92. The molecule has 0 saturated carbocycles. The third-order valence-corrected chi connectivity index (χ3v) is 5.81. The molecule has 3 heteroatoms. The van der Waals surface area contributed by atoms with Crippen LogP contribution in [0.15, 0.2) is 91.5 Å². The first-order valence-electron chi connectivity index (χ1n) is 11.8. The maximum Gasteiger partial charge on any atom is 0.165 e. The Morgan fingerprint density at radius 2 is 1.71 bits per heavy atom. The fourth-order valence-electron chi connectivity index (χ4n) is 4.04. The highest BCUT2D eigenvalue weighted by molar-refractivity contribution is 5.94. The van der Waals surface area contributed by atoms with E-state index >= 15 is 0 Å². The zero-order chi connectivity index (χ0) is 24.6. The molecule has 0 unspecified atom stereocenters. The van der Waals surface area contributed by atoms with Gasteiger partial charge in [0.1, 0.15) is 6.61 Å². The van der Waals surface area contributed by atoms with E-state index in [1.54, 1.807) is 0 Å². The van der Waals surface area contributed by atoms with Crippen molar-refractivity contribution in [3.05, 3.63) is 119 Å². The number of fused-ring (bicyclic) bond motifs is 1. The monoisotopic (exact) mass is 459 g/mol. The summed E-state index contributed by atoms with van der Waals surface area (Å²) in [5.41, 5.74) is 5.64. The molecule has 0 aromatic heterocycles. The van der Waals surface area contributed by atoms with Gasteiger partial charge >= 0.3 is 0 Å². The molecule has 0 amide bonds. The molecule has 35 heavy (non-hydrogen) atoms. The Labute approximate surface area is 207 Å². The van der Waals surface area contributed by atoms with Crippen molar-refractivity contribution < 1.29 is 9.47 Å². The van der Waals surface area contributed by atoms with Gasteiger partial charge in [-0.3, -0.25) is 0 Å². The summed E-state index contributed by atoms with van der Waals surface area (Å²) in [6, 6.07) is 28.9. The van der Waals surface area contributed by atoms with Crippen molar-refractivity contribution in [2.75, 3.05) is 6.61 Å². The van der Waals surface area contributed by atoms with Crippen LogP contribution in [-0.4, -0.2) is 6.61 Å². The Kier molecular flexibility index (Phi) is 7.65. The Morgan fingerprint density at radius 1 is 0.943 bits per heavy atom. The van der Waals surface area contributed by atoms with Crippen molar-refractivity contribution in [2.24, 2.45) is 0 Å². The van der Waals surface area contributed by atoms with E-state index < -0.39 is 0 Å². The number of nitrogens with zero attached hydrogens (tertiary/aromatic N) is 1. The summed E-state index contributed by atoms with van der Waals surface area (Å²) >= 11 is 0. The average Bonchev–Trinajstić information content (AvgIpc) is 2.88. The first kappa shape index (κ1) is 23.9. The molecule has 0 radical (unpaired) electrons. The lowest BCUT2D eigenvalue weighted by Gasteiger charge is -2.17. The normalized spacial score (nSPS) is 11.2. The molecule has 4 aromatic carbocycles. The quantitative estimate of drug-likeness (QED) is 0.145. The van der Waals surface area contributed by atoms with Crippen LogP contribution in [0.2, 0.25) is 0 Å². The summed E-state index contributed by atoms with van der Waals surface area (Å²) in [7, 11) is 0. The number of rotatable bonds is 9. The summed E-state index contributed by atoms with van der Waals surface area (Å²) in [5.74, 6) is 1.38. The van der Waals surface area contributed by atoms with Crippen LogP contribution in [0.5, 0.6) is 11.5 Å². The Hall–Kier alpha value is -4.29. The van der Waals surface area contributed by atoms with Gasteiger partial charge in [0.25, 0.3) is 0 Å². The van der Waals surface area contributed by atoms with E-state index in [0.717, 1.165) is 33.0 Å². The number of hydrogen-bond donors (Lipinski definition) is 0. The van der Waals surface area contributed by atoms with E-state index in [4.69, 9.17) is 9.47 Å². The van der Waals surface area contributed by atoms with E-state index in [9.17, 15) is 5.26 Å². The first-order chi connectivity index (χ1) is 17.1. The highest BCUT2D eigenvalue weighted by atomic mass is 16.5. The number of benzene rings is 4. The second-order valence-corrected chi connectivity index (χ2v) is 8.44. The van der Waals surface area contributed by atoms with Gasteiger partial charge in [-0.1, -0.05) is 72.3 Å². The number of hydrogen-bond acceptors (Lipinski definition) is 3. The van der Waals surface area contributed by atoms with Gasteiger partial charge in [-0.25, -0.2) is 0 Å². The van der Waals surface area contributed by atoms with Crippen LogP contribution < -0.4 is 9.47 Å². The number of aryl methyl sites for hydroxylation is 1.